The Kier molecular flexibility index (Phi) is 3.60. The smallest absolute Gasteiger partial charge is 0.0500 e. The van der Waals surface area contributed by atoms with Crippen LogP contribution in [-0.2, 0) is 10.8 Å². The van der Waals surface area contributed by atoms with Gasteiger partial charge in [0.1, 0.15) is 0 Å². The average Bonchev–Trinajstić information content (AvgIpc) is 3.53. The summed E-state index contributed by atoms with van der Waals surface area (Å²) in [6, 6.07) is 14.5. The maximum atomic E-state index is 2.45. The van der Waals surface area contributed by atoms with Gasteiger partial charge in [-0.05, 0) is 70.1 Å². The largest absolute Gasteiger partial charge is 0.139 e. The van der Waals surface area contributed by atoms with E-state index in [2.05, 4.69) is 77.9 Å². The number of aryl methyl sites for hydroxylation is 2. The summed E-state index contributed by atoms with van der Waals surface area (Å²) in [5.74, 6) is 0. The van der Waals surface area contributed by atoms with Gasteiger partial charge in [0.15, 0.2) is 0 Å². The van der Waals surface area contributed by atoms with Crippen LogP contribution in [0.1, 0.15) is 59.7 Å². The van der Waals surface area contributed by atoms with Crippen molar-refractivity contribution in [3.8, 4) is 20.9 Å². The van der Waals surface area contributed by atoms with Gasteiger partial charge in [0.25, 0.3) is 0 Å². The molecular formula is C30H24S4. The molecule has 0 saturated heterocycles. The number of fused-ring (bicyclic) bond motifs is 13. The highest BCUT2D eigenvalue weighted by Crippen LogP contribution is 2.62. The Morgan fingerprint density at radius 2 is 0.941 bits per heavy atom. The summed E-state index contributed by atoms with van der Waals surface area (Å²) >= 11 is 7.93. The number of hydrogen-bond donors (Lipinski definition) is 0. The molecule has 2 aliphatic carbocycles. The van der Waals surface area contributed by atoms with Crippen LogP contribution in [0.4, 0.5) is 0 Å². The second kappa shape index (κ2) is 6.04. The quantitative estimate of drug-likeness (QED) is 0.190. The minimum atomic E-state index is 0.0135. The first-order chi connectivity index (χ1) is 16.2. The van der Waals surface area contributed by atoms with Crippen LogP contribution in [0.3, 0.4) is 0 Å². The molecule has 168 valence electrons. The second-order valence-electron chi connectivity index (χ2n) is 11.0. The molecule has 4 heterocycles. The summed E-state index contributed by atoms with van der Waals surface area (Å²) in [6.07, 6.45) is 0. The topological polar surface area (TPSA) is 0 Å². The van der Waals surface area contributed by atoms with Crippen molar-refractivity contribution < 1.29 is 0 Å². The zero-order chi connectivity index (χ0) is 23.3. The van der Waals surface area contributed by atoms with Crippen molar-refractivity contribution in [3.05, 3.63) is 68.4 Å². The van der Waals surface area contributed by atoms with Crippen LogP contribution < -0.4 is 0 Å². The van der Waals surface area contributed by atoms with Gasteiger partial charge in [0, 0.05) is 39.7 Å². The lowest BCUT2D eigenvalue weighted by atomic mass is 9.76. The number of rotatable bonds is 0. The van der Waals surface area contributed by atoms with Gasteiger partial charge >= 0.3 is 0 Å². The lowest BCUT2D eigenvalue weighted by Gasteiger charge is -2.26. The molecule has 2 aliphatic rings. The van der Waals surface area contributed by atoms with Crippen LogP contribution >= 0.6 is 45.3 Å². The minimum Gasteiger partial charge on any atom is -0.139 e. The third kappa shape index (κ3) is 2.17. The van der Waals surface area contributed by atoms with Crippen LogP contribution in [0.15, 0.2) is 36.4 Å². The van der Waals surface area contributed by atoms with Gasteiger partial charge in [-0.1, -0.05) is 52.0 Å². The fourth-order valence-electron chi connectivity index (χ4n) is 6.91. The summed E-state index contributed by atoms with van der Waals surface area (Å²) in [6.45, 7) is 14.3. The molecule has 0 bridgehead atoms. The van der Waals surface area contributed by atoms with E-state index in [0.29, 0.717) is 0 Å². The lowest BCUT2D eigenvalue weighted by Crippen LogP contribution is -2.17. The van der Waals surface area contributed by atoms with E-state index in [1.54, 1.807) is 11.1 Å². The number of hydrogen-bond acceptors (Lipinski definition) is 4. The zero-order valence-corrected chi connectivity index (χ0v) is 23.4. The predicted molar refractivity (Wildman–Crippen MR) is 155 cm³/mol. The Bertz CT molecular complexity index is 1740. The van der Waals surface area contributed by atoms with Crippen LogP contribution in [-0.4, -0.2) is 0 Å². The van der Waals surface area contributed by atoms with Crippen molar-refractivity contribution in [1.82, 2.24) is 0 Å². The third-order valence-corrected chi connectivity index (χ3v) is 12.9. The van der Waals surface area contributed by atoms with E-state index in [-0.39, 0.29) is 10.8 Å². The monoisotopic (exact) mass is 512 g/mol. The van der Waals surface area contributed by atoms with Gasteiger partial charge in [-0.3, -0.25) is 0 Å². The molecule has 0 spiro atoms. The normalized spacial score (nSPS) is 17.0. The Balaban J connectivity index is 1.45. The number of benzene rings is 2. The van der Waals surface area contributed by atoms with Crippen molar-refractivity contribution >= 4 is 74.9 Å². The fourth-order valence-corrected chi connectivity index (χ4v) is 12.7. The maximum Gasteiger partial charge on any atom is 0.0500 e. The van der Waals surface area contributed by atoms with Crippen LogP contribution in [0.5, 0.6) is 0 Å². The molecule has 6 aromatic rings. The molecule has 0 amide bonds. The molecule has 0 fully saturated rings. The Morgan fingerprint density at radius 1 is 0.529 bits per heavy atom. The van der Waals surface area contributed by atoms with Crippen molar-refractivity contribution in [2.24, 2.45) is 0 Å². The highest BCUT2D eigenvalue weighted by Gasteiger charge is 2.44. The van der Waals surface area contributed by atoms with Gasteiger partial charge < -0.3 is 0 Å². The van der Waals surface area contributed by atoms with Gasteiger partial charge in [0.05, 0.1) is 9.40 Å². The van der Waals surface area contributed by atoms with E-state index in [9.17, 15) is 0 Å². The van der Waals surface area contributed by atoms with Crippen molar-refractivity contribution in [1.29, 1.82) is 0 Å². The molecule has 0 radical (unpaired) electrons. The molecule has 0 aliphatic heterocycles. The van der Waals surface area contributed by atoms with E-state index < -0.39 is 0 Å². The van der Waals surface area contributed by atoms with Gasteiger partial charge in [-0.15, -0.1) is 45.3 Å². The van der Waals surface area contributed by atoms with E-state index in [1.807, 2.05) is 45.3 Å². The summed E-state index contributed by atoms with van der Waals surface area (Å²) in [5, 5.41) is 2.90. The van der Waals surface area contributed by atoms with Gasteiger partial charge in [-0.25, -0.2) is 0 Å². The Labute approximate surface area is 215 Å². The molecule has 4 heteroatoms. The van der Waals surface area contributed by atoms with Crippen LogP contribution in [0.25, 0.3) is 50.5 Å². The lowest BCUT2D eigenvalue weighted by molar-refractivity contribution is 0.669. The molecule has 8 rings (SSSR count). The predicted octanol–water partition coefficient (Wildman–Crippen LogP) is 10.6. The second-order valence-corrected chi connectivity index (χ2v) is 15.7. The molecule has 0 saturated carbocycles. The van der Waals surface area contributed by atoms with Crippen molar-refractivity contribution in [2.75, 3.05) is 0 Å². The molecule has 2 aromatic carbocycles. The highest BCUT2D eigenvalue weighted by molar-refractivity contribution is 7.30. The summed E-state index contributed by atoms with van der Waals surface area (Å²) in [4.78, 5) is 5.83. The highest BCUT2D eigenvalue weighted by atomic mass is 32.1. The molecule has 0 nitrogen and oxygen atoms in total. The zero-order valence-electron chi connectivity index (χ0n) is 20.1. The molecule has 34 heavy (non-hydrogen) atoms. The summed E-state index contributed by atoms with van der Waals surface area (Å²) in [7, 11) is 0. The van der Waals surface area contributed by atoms with Crippen LogP contribution in [0, 0.1) is 13.8 Å². The van der Waals surface area contributed by atoms with E-state index in [4.69, 9.17) is 0 Å². The molecular weight excluding hydrogens is 489 g/mol. The van der Waals surface area contributed by atoms with Crippen molar-refractivity contribution in [3.63, 3.8) is 0 Å². The van der Waals surface area contributed by atoms with E-state index >= 15 is 0 Å². The van der Waals surface area contributed by atoms with Crippen LogP contribution in [0.2, 0.25) is 0 Å². The molecule has 0 unspecified atom stereocenters. The summed E-state index contributed by atoms with van der Waals surface area (Å²) < 4.78 is 5.93. The first-order valence-electron chi connectivity index (χ1n) is 11.9. The Hall–Kier alpha value is -1.98. The molecule has 0 N–H and O–H groups in total. The van der Waals surface area contributed by atoms with Gasteiger partial charge in [-0.2, -0.15) is 0 Å². The summed E-state index contributed by atoms with van der Waals surface area (Å²) in [5.41, 5.74) is 9.13. The number of thiophene rings is 4. The maximum absolute atomic E-state index is 2.45. The fraction of sp³-hybridized carbons (Fsp3) is 0.267. The SMILES string of the molecule is Cc1cc2sc3c(c2s1)C(C)(C)c1c-3ccc2c3c(ccc12)-c1sc2cc(C)sc2c1C3(C)C. The van der Waals surface area contributed by atoms with Crippen molar-refractivity contribution in [2.45, 2.75) is 52.4 Å². The van der Waals surface area contributed by atoms with E-state index in [0.717, 1.165) is 0 Å². The first-order valence-corrected chi connectivity index (χ1v) is 15.1. The minimum absolute atomic E-state index is 0.0135. The molecule has 0 atom stereocenters. The first kappa shape index (κ1) is 20.2. The standard InChI is InChI=1S/C30H24S4/c1-13-11-19-27(31-13)23-25(33-19)17-9-7-16-15(21(17)29(23,3)4)8-10-18-22(16)30(5,6)24-26(18)34-20-12-14(2)32-28(20)24/h7-12H,1-6H3. The molecule has 4 aromatic heterocycles. The van der Waals surface area contributed by atoms with E-state index in [1.165, 1.54) is 71.3 Å². The Morgan fingerprint density at radius 3 is 1.35 bits per heavy atom. The third-order valence-electron chi connectivity index (χ3n) is 8.16. The average molecular weight is 513 g/mol. The van der Waals surface area contributed by atoms with Gasteiger partial charge in [0.2, 0.25) is 0 Å².